The first kappa shape index (κ1) is 15.2. The summed E-state index contributed by atoms with van der Waals surface area (Å²) in [7, 11) is 0. The average Bonchev–Trinajstić information content (AvgIpc) is 2.38. The maximum atomic E-state index is 9.49. The molecule has 0 aliphatic carbocycles. The molecule has 0 radical (unpaired) electrons. The van der Waals surface area contributed by atoms with E-state index in [1.807, 2.05) is 0 Å². The molecule has 2 N–H and O–H groups in total. The van der Waals surface area contributed by atoms with Crippen molar-refractivity contribution in [3.05, 3.63) is 0 Å². The van der Waals surface area contributed by atoms with Crippen LogP contribution in [-0.2, 0) is 9.47 Å². The largest absolute Gasteiger partial charge is 0.395 e. The van der Waals surface area contributed by atoms with Crippen LogP contribution < -0.4 is 5.32 Å². The molecule has 0 saturated carbocycles. The van der Waals surface area contributed by atoms with E-state index in [1.165, 1.54) is 0 Å². The van der Waals surface area contributed by atoms with Crippen LogP contribution in [0.1, 0.15) is 46.0 Å². The normalized spacial score (nSPS) is 28.7. The SMILES string of the molecule is CC(C)CC(CO)NC1CCOC2(CCOCC2)C1. The number of hydrogen-bond donors (Lipinski definition) is 2. The summed E-state index contributed by atoms with van der Waals surface area (Å²) in [4.78, 5) is 0. The van der Waals surface area contributed by atoms with Crippen LogP contribution in [-0.4, -0.2) is 49.2 Å². The van der Waals surface area contributed by atoms with Gasteiger partial charge in [-0.1, -0.05) is 13.8 Å². The molecule has 0 aromatic carbocycles. The van der Waals surface area contributed by atoms with E-state index in [9.17, 15) is 5.11 Å². The van der Waals surface area contributed by atoms with Crippen LogP contribution in [0, 0.1) is 5.92 Å². The number of aliphatic hydroxyl groups is 1. The smallest absolute Gasteiger partial charge is 0.0741 e. The highest BCUT2D eigenvalue weighted by atomic mass is 16.5. The second kappa shape index (κ2) is 7.02. The molecule has 0 aromatic rings. The van der Waals surface area contributed by atoms with Gasteiger partial charge in [-0.15, -0.1) is 0 Å². The Hall–Kier alpha value is -0.160. The summed E-state index contributed by atoms with van der Waals surface area (Å²) < 4.78 is 11.5. The zero-order valence-corrected chi connectivity index (χ0v) is 12.4. The zero-order chi connectivity index (χ0) is 13.7. The van der Waals surface area contributed by atoms with Gasteiger partial charge in [0.25, 0.3) is 0 Å². The lowest BCUT2D eigenvalue weighted by atomic mass is 9.83. The minimum Gasteiger partial charge on any atom is -0.395 e. The highest BCUT2D eigenvalue weighted by molar-refractivity contribution is 4.92. The van der Waals surface area contributed by atoms with E-state index in [2.05, 4.69) is 19.2 Å². The number of aliphatic hydroxyl groups excluding tert-OH is 1. The van der Waals surface area contributed by atoms with Crippen molar-refractivity contribution in [3.8, 4) is 0 Å². The Morgan fingerprint density at radius 3 is 2.63 bits per heavy atom. The predicted molar refractivity (Wildman–Crippen MR) is 75.2 cm³/mol. The van der Waals surface area contributed by atoms with Gasteiger partial charge in [0.05, 0.1) is 12.2 Å². The van der Waals surface area contributed by atoms with Crippen LogP contribution in [0.3, 0.4) is 0 Å². The zero-order valence-electron chi connectivity index (χ0n) is 12.4. The first-order valence-corrected chi connectivity index (χ1v) is 7.72. The van der Waals surface area contributed by atoms with Gasteiger partial charge in [-0.25, -0.2) is 0 Å². The molecule has 0 aromatic heterocycles. The standard InChI is InChI=1S/C15H29NO3/c1-12(2)9-14(11-17)16-13-3-6-19-15(10-13)4-7-18-8-5-15/h12-14,16-17H,3-11H2,1-2H3. The summed E-state index contributed by atoms with van der Waals surface area (Å²) in [5, 5.41) is 13.1. The summed E-state index contributed by atoms with van der Waals surface area (Å²) in [6.07, 6.45) is 5.17. The molecule has 0 bridgehead atoms. The Bertz CT molecular complexity index is 259. The third-order valence-corrected chi connectivity index (χ3v) is 4.34. The summed E-state index contributed by atoms with van der Waals surface area (Å²) >= 11 is 0. The molecule has 2 atom stereocenters. The fraction of sp³-hybridized carbons (Fsp3) is 1.00. The molecule has 2 heterocycles. The van der Waals surface area contributed by atoms with Gasteiger partial charge >= 0.3 is 0 Å². The van der Waals surface area contributed by atoms with Crippen molar-refractivity contribution >= 4 is 0 Å². The van der Waals surface area contributed by atoms with E-state index < -0.39 is 0 Å². The monoisotopic (exact) mass is 271 g/mol. The molecule has 2 aliphatic heterocycles. The van der Waals surface area contributed by atoms with Crippen LogP contribution in [0.15, 0.2) is 0 Å². The summed E-state index contributed by atoms with van der Waals surface area (Å²) in [6.45, 7) is 7.11. The lowest BCUT2D eigenvalue weighted by molar-refractivity contribution is -0.141. The van der Waals surface area contributed by atoms with Gasteiger partial charge in [-0.05, 0) is 38.0 Å². The van der Waals surface area contributed by atoms with Gasteiger partial charge in [0.15, 0.2) is 0 Å². The number of ether oxygens (including phenoxy) is 2. The van der Waals surface area contributed by atoms with E-state index in [-0.39, 0.29) is 18.2 Å². The van der Waals surface area contributed by atoms with Crippen LogP contribution in [0.2, 0.25) is 0 Å². The molecule has 2 aliphatic rings. The van der Waals surface area contributed by atoms with Gasteiger partial charge in [0, 0.05) is 31.9 Å². The fourth-order valence-electron chi connectivity index (χ4n) is 3.36. The third-order valence-electron chi connectivity index (χ3n) is 4.34. The lowest BCUT2D eigenvalue weighted by Crippen LogP contribution is -2.52. The Kier molecular flexibility index (Phi) is 5.63. The van der Waals surface area contributed by atoms with Crippen LogP contribution in [0.5, 0.6) is 0 Å². The van der Waals surface area contributed by atoms with Gasteiger partial charge in [-0.2, -0.15) is 0 Å². The fourth-order valence-corrected chi connectivity index (χ4v) is 3.36. The van der Waals surface area contributed by atoms with E-state index in [1.54, 1.807) is 0 Å². The first-order valence-electron chi connectivity index (χ1n) is 7.72. The first-order chi connectivity index (χ1) is 9.13. The molecule has 0 amide bonds. The molecule has 4 nitrogen and oxygen atoms in total. The Morgan fingerprint density at radius 1 is 1.26 bits per heavy atom. The van der Waals surface area contributed by atoms with Crippen molar-refractivity contribution in [1.29, 1.82) is 0 Å². The number of nitrogens with one attached hydrogen (secondary N) is 1. The highest BCUT2D eigenvalue weighted by Gasteiger charge is 2.39. The van der Waals surface area contributed by atoms with Crippen LogP contribution >= 0.6 is 0 Å². The third kappa shape index (κ3) is 4.42. The Balaban J connectivity index is 1.86. The Labute approximate surface area is 116 Å². The molecule has 2 unspecified atom stereocenters. The van der Waals surface area contributed by atoms with Gasteiger partial charge in [0.1, 0.15) is 0 Å². The molecule has 1 spiro atoms. The average molecular weight is 271 g/mol. The minimum absolute atomic E-state index is 0.0337. The lowest BCUT2D eigenvalue weighted by Gasteiger charge is -2.44. The summed E-state index contributed by atoms with van der Waals surface area (Å²) in [6, 6.07) is 0.697. The highest BCUT2D eigenvalue weighted by Crippen LogP contribution is 2.34. The van der Waals surface area contributed by atoms with Gasteiger partial charge < -0.3 is 19.9 Å². The van der Waals surface area contributed by atoms with E-state index in [0.29, 0.717) is 12.0 Å². The van der Waals surface area contributed by atoms with Crippen molar-refractivity contribution in [1.82, 2.24) is 5.32 Å². The van der Waals surface area contributed by atoms with E-state index in [4.69, 9.17) is 9.47 Å². The van der Waals surface area contributed by atoms with Crippen LogP contribution in [0.25, 0.3) is 0 Å². The van der Waals surface area contributed by atoms with Crippen molar-refractivity contribution in [2.45, 2.75) is 63.6 Å². The van der Waals surface area contributed by atoms with E-state index >= 15 is 0 Å². The van der Waals surface area contributed by atoms with Crippen LogP contribution in [0.4, 0.5) is 0 Å². The molecule has 2 rings (SSSR count). The van der Waals surface area contributed by atoms with Crippen molar-refractivity contribution in [2.24, 2.45) is 5.92 Å². The maximum absolute atomic E-state index is 9.49. The molecule has 112 valence electrons. The van der Waals surface area contributed by atoms with Gasteiger partial charge in [-0.3, -0.25) is 0 Å². The topological polar surface area (TPSA) is 50.7 Å². The molecule has 4 heteroatoms. The van der Waals surface area contributed by atoms with Crippen molar-refractivity contribution < 1.29 is 14.6 Å². The molecular formula is C15H29NO3. The molecule has 19 heavy (non-hydrogen) atoms. The molecular weight excluding hydrogens is 242 g/mol. The number of rotatable bonds is 5. The second-order valence-corrected chi connectivity index (χ2v) is 6.51. The van der Waals surface area contributed by atoms with Crippen molar-refractivity contribution in [3.63, 3.8) is 0 Å². The van der Waals surface area contributed by atoms with Crippen molar-refractivity contribution in [2.75, 3.05) is 26.4 Å². The summed E-state index contributed by atoms with van der Waals surface area (Å²) in [5.41, 5.74) is 0.0337. The van der Waals surface area contributed by atoms with E-state index in [0.717, 1.165) is 51.9 Å². The molecule has 2 fully saturated rings. The second-order valence-electron chi connectivity index (χ2n) is 6.51. The quantitative estimate of drug-likeness (QED) is 0.799. The van der Waals surface area contributed by atoms with Gasteiger partial charge in [0.2, 0.25) is 0 Å². The number of hydrogen-bond acceptors (Lipinski definition) is 4. The predicted octanol–water partition coefficient (Wildman–Crippen LogP) is 1.71. The maximum Gasteiger partial charge on any atom is 0.0741 e. The minimum atomic E-state index is 0.0337. The molecule has 2 saturated heterocycles. The summed E-state index contributed by atoms with van der Waals surface area (Å²) in [5.74, 6) is 0.613. The Morgan fingerprint density at radius 2 is 2.00 bits per heavy atom.